The number of aliphatic hydroxyl groups excluding tert-OH is 2. The minimum absolute atomic E-state index is 0.287. The lowest BCUT2D eigenvalue weighted by Crippen LogP contribution is -2.09. The van der Waals surface area contributed by atoms with E-state index in [0.29, 0.717) is 39.7 Å². The third kappa shape index (κ3) is 3.65. The molecule has 1 atom stereocenters. The standard InChI is InChI=1S/C19H24O6/c1-11-6-14(19(25-5)17(7-11)24-4)18(21)13-8-12(22-2)9-16(23-3)15(13)10-20/h6-9,18,20-21H,10H2,1-5H3. The van der Waals surface area contributed by atoms with E-state index in [2.05, 4.69) is 0 Å². The van der Waals surface area contributed by atoms with Gasteiger partial charge in [0.25, 0.3) is 0 Å². The van der Waals surface area contributed by atoms with Crippen LogP contribution in [0.15, 0.2) is 24.3 Å². The maximum absolute atomic E-state index is 11.0. The second-order valence-corrected chi connectivity index (χ2v) is 5.55. The second-order valence-electron chi connectivity index (χ2n) is 5.55. The zero-order valence-corrected chi connectivity index (χ0v) is 15.1. The molecule has 1 unspecified atom stereocenters. The van der Waals surface area contributed by atoms with Gasteiger partial charge in [0.05, 0.1) is 35.0 Å². The summed E-state index contributed by atoms with van der Waals surface area (Å²) in [5, 5.41) is 20.8. The van der Waals surface area contributed by atoms with Gasteiger partial charge in [-0.2, -0.15) is 0 Å². The Morgan fingerprint density at radius 3 is 2.04 bits per heavy atom. The van der Waals surface area contributed by atoms with Crippen molar-refractivity contribution in [2.75, 3.05) is 28.4 Å². The molecule has 6 heteroatoms. The highest BCUT2D eigenvalue weighted by Gasteiger charge is 2.24. The van der Waals surface area contributed by atoms with Crippen molar-refractivity contribution < 1.29 is 29.2 Å². The Labute approximate surface area is 147 Å². The van der Waals surface area contributed by atoms with Gasteiger partial charge in [-0.15, -0.1) is 0 Å². The summed E-state index contributed by atoms with van der Waals surface area (Å²) in [6, 6.07) is 6.98. The largest absolute Gasteiger partial charge is 0.497 e. The van der Waals surface area contributed by atoms with Crippen molar-refractivity contribution in [3.63, 3.8) is 0 Å². The fourth-order valence-corrected chi connectivity index (χ4v) is 2.86. The monoisotopic (exact) mass is 348 g/mol. The number of ether oxygens (including phenoxy) is 4. The summed E-state index contributed by atoms with van der Waals surface area (Å²) in [5.74, 6) is 1.92. The molecule has 0 aliphatic heterocycles. The summed E-state index contributed by atoms with van der Waals surface area (Å²) < 4.78 is 21.4. The van der Waals surface area contributed by atoms with E-state index in [-0.39, 0.29) is 6.61 Å². The molecule has 0 aromatic heterocycles. The molecule has 0 bridgehead atoms. The van der Waals surface area contributed by atoms with Crippen LogP contribution in [0.3, 0.4) is 0 Å². The van der Waals surface area contributed by atoms with Crippen molar-refractivity contribution in [2.24, 2.45) is 0 Å². The summed E-state index contributed by atoms with van der Waals surface area (Å²) in [6.07, 6.45) is -1.06. The van der Waals surface area contributed by atoms with Crippen LogP contribution in [-0.2, 0) is 6.61 Å². The van der Waals surface area contributed by atoms with Crippen LogP contribution in [0.25, 0.3) is 0 Å². The molecule has 0 heterocycles. The summed E-state index contributed by atoms with van der Waals surface area (Å²) in [5.41, 5.74) is 2.40. The molecule has 6 nitrogen and oxygen atoms in total. The van der Waals surface area contributed by atoms with Crippen LogP contribution < -0.4 is 18.9 Å². The maximum atomic E-state index is 11.0. The van der Waals surface area contributed by atoms with Gasteiger partial charge >= 0.3 is 0 Å². The van der Waals surface area contributed by atoms with E-state index in [4.69, 9.17) is 18.9 Å². The van der Waals surface area contributed by atoms with E-state index in [9.17, 15) is 10.2 Å². The van der Waals surface area contributed by atoms with Crippen LogP contribution >= 0.6 is 0 Å². The summed E-state index contributed by atoms with van der Waals surface area (Å²) >= 11 is 0. The van der Waals surface area contributed by atoms with Gasteiger partial charge in [-0.05, 0) is 36.2 Å². The molecule has 2 aromatic rings. The number of hydrogen-bond acceptors (Lipinski definition) is 6. The Hall–Kier alpha value is -2.44. The van der Waals surface area contributed by atoms with Gasteiger partial charge in [-0.25, -0.2) is 0 Å². The topological polar surface area (TPSA) is 77.4 Å². The van der Waals surface area contributed by atoms with Gasteiger partial charge in [0, 0.05) is 17.2 Å². The fraction of sp³-hybridized carbons (Fsp3) is 0.368. The van der Waals surface area contributed by atoms with Crippen LogP contribution in [-0.4, -0.2) is 38.7 Å². The Balaban J connectivity index is 2.69. The van der Waals surface area contributed by atoms with Crippen molar-refractivity contribution in [1.29, 1.82) is 0 Å². The molecule has 0 radical (unpaired) electrons. The molecule has 0 saturated heterocycles. The summed E-state index contributed by atoms with van der Waals surface area (Å²) in [7, 11) is 6.09. The predicted octanol–water partition coefficient (Wildman–Crippen LogP) is 2.60. The van der Waals surface area contributed by atoms with Gasteiger partial charge in [-0.3, -0.25) is 0 Å². The molecule has 25 heavy (non-hydrogen) atoms. The average molecular weight is 348 g/mol. The fourth-order valence-electron chi connectivity index (χ4n) is 2.86. The maximum Gasteiger partial charge on any atom is 0.166 e. The van der Waals surface area contributed by atoms with Gasteiger partial charge in [0.15, 0.2) is 11.5 Å². The van der Waals surface area contributed by atoms with Crippen molar-refractivity contribution >= 4 is 0 Å². The van der Waals surface area contributed by atoms with Crippen molar-refractivity contribution in [3.05, 3.63) is 46.5 Å². The van der Waals surface area contributed by atoms with Crippen LogP contribution in [0.4, 0.5) is 0 Å². The lowest BCUT2D eigenvalue weighted by atomic mass is 9.94. The van der Waals surface area contributed by atoms with Gasteiger partial charge in [0.1, 0.15) is 17.6 Å². The third-order valence-electron chi connectivity index (χ3n) is 4.07. The highest BCUT2D eigenvalue weighted by molar-refractivity contribution is 5.55. The lowest BCUT2D eigenvalue weighted by Gasteiger charge is -2.22. The number of aliphatic hydroxyl groups is 2. The molecule has 2 N–H and O–H groups in total. The molecule has 0 aliphatic carbocycles. The van der Waals surface area contributed by atoms with Crippen LogP contribution in [0, 0.1) is 6.92 Å². The molecule has 2 aromatic carbocycles. The first kappa shape index (κ1) is 18.9. The Kier molecular flexibility index (Phi) is 6.12. The van der Waals surface area contributed by atoms with Crippen molar-refractivity contribution in [1.82, 2.24) is 0 Å². The number of hydrogen-bond donors (Lipinski definition) is 2. The molecule has 0 spiro atoms. The van der Waals surface area contributed by atoms with E-state index >= 15 is 0 Å². The predicted molar refractivity (Wildman–Crippen MR) is 93.8 cm³/mol. The average Bonchev–Trinajstić information content (AvgIpc) is 2.65. The highest BCUT2D eigenvalue weighted by Crippen LogP contribution is 2.41. The minimum atomic E-state index is -1.06. The van der Waals surface area contributed by atoms with Gasteiger partial charge < -0.3 is 29.2 Å². The molecule has 0 fully saturated rings. The Morgan fingerprint density at radius 2 is 1.52 bits per heavy atom. The Bertz CT molecular complexity index is 741. The zero-order chi connectivity index (χ0) is 18.6. The number of methoxy groups -OCH3 is 4. The molecular weight excluding hydrogens is 324 g/mol. The lowest BCUT2D eigenvalue weighted by molar-refractivity contribution is 0.204. The SMILES string of the molecule is COc1cc(OC)c(CO)c(C(O)c2cc(C)cc(OC)c2OC)c1. The van der Waals surface area contributed by atoms with Crippen molar-refractivity contribution in [3.8, 4) is 23.0 Å². The van der Waals surface area contributed by atoms with E-state index in [1.807, 2.05) is 19.1 Å². The van der Waals surface area contributed by atoms with Crippen molar-refractivity contribution in [2.45, 2.75) is 19.6 Å². The normalized spacial score (nSPS) is 11.8. The number of aryl methyl sites for hydroxylation is 1. The van der Waals surface area contributed by atoms with E-state index in [0.717, 1.165) is 5.56 Å². The molecular formula is C19H24O6. The molecule has 0 aliphatic rings. The first-order chi connectivity index (χ1) is 12.0. The first-order valence-corrected chi connectivity index (χ1v) is 7.76. The minimum Gasteiger partial charge on any atom is -0.497 e. The summed E-state index contributed by atoms with van der Waals surface area (Å²) in [4.78, 5) is 0. The first-order valence-electron chi connectivity index (χ1n) is 7.76. The summed E-state index contributed by atoms with van der Waals surface area (Å²) in [6.45, 7) is 1.61. The zero-order valence-electron chi connectivity index (χ0n) is 15.1. The molecule has 2 rings (SSSR count). The smallest absolute Gasteiger partial charge is 0.166 e. The molecule has 136 valence electrons. The van der Waals surface area contributed by atoms with E-state index in [1.165, 1.54) is 21.3 Å². The van der Waals surface area contributed by atoms with Crippen LogP contribution in [0.2, 0.25) is 0 Å². The quantitative estimate of drug-likeness (QED) is 0.801. The van der Waals surface area contributed by atoms with Gasteiger partial charge in [0.2, 0.25) is 0 Å². The van der Waals surface area contributed by atoms with Crippen LogP contribution in [0.1, 0.15) is 28.4 Å². The molecule has 0 saturated carbocycles. The number of rotatable bonds is 7. The second kappa shape index (κ2) is 8.09. The third-order valence-corrected chi connectivity index (χ3v) is 4.07. The highest BCUT2D eigenvalue weighted by atomic mass is 16.5. The van der Waals surface area contributed by atoms with Crippen LogP contribution in [0.5, 0.6) is 23.0 Å². The molecule has 0 amide bonds. The Morgan fingerprint density at radius 1 is 0.840 bits per heavy atom. The van der Waals surface area contributed by atoms with E-state index in [1.54, 1.807) is 19.2 Å². The number of benzene rings is 2. The van der Waals surface area contributed by atoms with Gasteiger partial charge in [-0.1, -0.05) is 0 Å². The van der Waals surface area contributed by atoms with E-state index < -0.39 is 6.10 Å².